The van der Waals surface area contributed by atoms with Crippen molar-refractivity contribution in [2.45, 2.75) is 13.0 Å². The summed E-state index contributed by atoms with van der Waals surface area (Å²) in [5.74, 6) is -0.916. The number of methoxy groups -OCH3 is 1. The van der Waals surface area contributed by atoms with Gasteiger partial charge in [-0.25, -0.2) is 4.79 Å². The van der Waals surface area contributed by atoms with Crippen molar-refractivity contribution in [3.63, 3.8) is 0 Å². The molecule has 0 spiro atoms. The number of aromatic nitrogens is 1. The molecule has 0 aliphatic heterocycles. The van der Waals surface area contributed by atoms with E-state index >= 15 is 0 Å². The number of aliphatic carboxylic acids is 1. The highest BCUT2D eigenvalue weighted by Crippen LogP contribution is 2.06. The molecule has 1 aromatic rings. The van der Waals surface area contributed by atoms with E-state index in [2.05, 4.69) is 0 Å². The number of rotatable bonds is 3. The molecule has 14 heavy (non-hydrogen) atoms. The maximum atomic E-state index is 11.5. The Balaban J connectivity index is 3.23. The van der Waals surface area contributed by atoms with Crippen LogP contribution in [-0.2, 0) is 4.79 Å². The van der Waals surface area contributed by atoms with Gasteiger partial charge in [-0.2, -0.15) is 0 Å². The molecule has 0 aliphatic rings. The van der Waals surface area contributed by atoms with Crippen LogP contribution in [0.3, 0.4) is 0 Å². The van der Waals surface area contributed by atoms with E-state index in [0.717, 1.165) is 4.57 Å². The molecule has 1 rings (SSSR count). The van der Waals surface area contributed by atoms with Crippen molar-refractivity contribution in [3.8, 4) is 5.75 Å². The van der Waals surface area contributed by atoms with Gasteiger partial charge >= 0.3 is 5.97 Å². The Labute approximate surface area is 80.6 Å². The summed E-state index contributed by atoms with van der Waals surface area (Å²) in [6, 6.07) is 2.17. The van der Waals surface area contributed by atoms with Crippen LogP contribution >= 0.6 is 0 Å². The summed E-state index contributed by atoms with van der Waals surface area (Å²) >= 11 is 0. The molecule has 5 heteroatoms. The summed E-state index contributed by atoms with van der Waals surface area (Å²) in [6.07, 6.45) is 1.42. The molecule has 0 saturated heterocycles. The predicted molar refractivity (Wildman–Crippen MR) is 49.6 cm³/mol. The molecule has 1 N–H and O–H groups in total. The molecule has 0 radical (unpaired) electrons. The summed E-state index contributed by atoms with van der Waals surface area (Å²) in [6.45, 7) is 1.43. The van der Waals surface area contributed by atoms with Gasteiger partial charge in [-0.3, -0.25) is 9.36 Å². The molecule has 0 bridgehead atoms. The largest absolute Gasteiger partial charge is 0.491 e. The molecule has 0 fully saturated rings. The lowest BCUT2D eigenvalue weighted by atomic mass is 10.3. The fourth-order valence-corrected chi connectivity index (χ4v) is 1.07. The van der Waals surface area contributed by atoms with Crippen molar-refractivity contribution in [1.29, 1.82) is 0 Å². The van der Waals surface area contributed by atoms with Crippen molar-refractivity contribution in [2.75, 3.05) is 7.11 Å². The monoisotopic (exact) mass is 197 g/mol. The molecule has 76 valence electrons. The van der Waals surface area contributed by atoms with E-state index in [1.54, 1.807) is 6.07 Å². The Kier molecular flexibility index (Phi) is 2.91. The summed E-state index contributed by atoms with van der Waals surface area (Å²) in [7, 11) is 1.37. The molecule has 1 aromatic heterocycles. The van der Waals surface area contributed by atoms with Crippen LogP contribution < -0.4 is 10.3 Å². The normalized spacial score (nSPS) is 12.1. The van der Waals surface area contributed by atoms with Gasteiger partial charge in [-0.1, -0.05) is 0 Å². The molecule has 1 heterocycles. The molecule has 1 atom stereocenters. The van der Waals surface area contributed by atoms with Crippen LogP contribution in [0.2, 0.25) is 0 Å². The van der Waals surface area contributed by atoms with Crippen LogP contribution in [0.5, 0.6) is 5.75 Å². The average Bonchev–Trinajstić information content (AvgIpc) is 2.17. The van der Waals surface area contributed by atoms with Gasteiger partial charge in [-0.05, 0) is 19.1 Å². The van der Waals surface area contributed by atoms with Gasteiger partial charge in [0.15, 0.2) is 5.75 Å². The van der Waals surface area contributed by atoms with Crippen LogP contribution in [0.15, 0.2) is 23.1 Å². The average molecular weight is 197 g/mol. The number of pyridine rings is 1. The third-order valence-corrected chi connectivity index (χ3v) is 1.93. The van der Waals surface area contributed by atoms with Gasteiger partial charge < -0.3 is 9.84 Å². The first-order chi connectivity index (χ1) is 6.57. The van der Waals surface area contributed by atoms with Gasteiger partial charge in [0, 0.05) is 6.20 Å². The minimum absolute atomic E-state index is 0.139. The molecule has 0 saturated carbocycles. The Morgan fingerprint density at radius 2 is 2.29 bits per heavy atom. The lowest BCUT2D eigenvalue weighted by molar-refractivity contribution is -0.140. The zero-order valence-electron chi connectivity index (χ0n) is 7.93. The standard InChI is InChI=1S/C9H11NO4/c1-6(9(12)13)10-5-3-4-7(14-2)8(10)11/h3-6H,1-2H3,(H,12,13). The van der Waals surface area contributed by atoms with Crippen molar-refractivity contribution in [2.24, 2.45) is 0 Å². The van der Waals surface area contributed by atoms with Gasteiger partial charge in [-0.15, -0.1) is 0 Å². The Hall–Kier alpha value is -1.78. The topological polar surface area (TPSA) is 68.5 Å². The van der Waals surface area contributed by atoms with Gasteiger partial charge in [0.1, 0.15) is 6.04 Å². The second-order valence-electron chi connectivity index (χ2n) is 2.80. The number of carboxylic acids is 1. The minimum Gasteiger partial charge on any atom is -0.491 e. The SMILES string of the molecule is COc1cccn(C(C)C(=O)O)c1=O. The molecular weight excluding hydrogens is 186 g/mol. The Morgan fingerprint density at radius 1 is 1.64 bits per heavy atom. The summed E-state index contributed by atoms with van der Waals surface area (Å²) in [5.41, 5.74) is -0.440. The van der Waals surface area contributed by atoms with E-state index in [1.807, 2.05) is 0 Å². The number of nitrogens with zero attached hydrogens (tertiary/aromatic N) is 1. The minimum atomic E-state index is -1.06. The van der Waals surface area contributed by atoms with Crippen LogP contribution in [0.1, 0.15) is 13.0 Å². The third kappa shape index (κ3) is 1.76. The van der Waals surface area contributed by atoms with Gasteiger partial charge in [0.25, 0.3) is 5.56 Å². The highest BCUT2D eigenvalue weighted by Gasteiger charge is 2.15. The van der Waals surface area contributed by atoms with Crippen molar-refractivity contribution in [1.82, 2.24) is 4.57 Å². The first kappa shape index (κ1) is 10.3. The van der Waals surface area contributed by atoms with Gasteiger partial charge in [0.2, 0.25) is 0 Å². The third-order valence-electron chi connectivity index (χ3n) is 1.93. The zero-order valence-corrected chi connectivity index (χ0v) is 7.93. The quantitative estimate of drug-likeness (QED) is 0.766. The molecule has 0 aromatic carbocycles. The van der Waals surface area contributed by atoms with E-state index in [1.165, 1.54) is 26.3 Å². The zero-order chi connectivity index (χ0) is 10.7. The molecule has 0 amide bonds. The lowest BCUT2D eigenvalue weighted by Gasteiger charge is -2.10. The first-order valence-corrected chi connectivity index (χ1v) is 4.06. The number of hydrogen-bond acceptors (Lipinski definition) is 3. The summed E-state index contributed by atoms with van der Waals surface area (Å²) in [4.78, 5) is 22.2. The Bertz CT molecular complexity index is 396. The Morgan fingerprint density at radius 3 is 2.79 bits per heavy atom. The molecular formula is C9H11NO4. The van der Waals surface area contributed by atoms with Crippen LogP contribution in [0.4, 0.5) is 0 Å². The molecule has 0 aliphatic carbocycles. The van der Waals surface area contributed by atoms with Gasteiger partial charge in [0.05, 0.1) is 7.11 Å². The van der Waals surface area contributed by atoms with Crippen molar-refractivity contribution in [3.05, 3.63) is 28.7 Å². The number of hydrogen-bond donors (Lipinski definition) is 1. The highest BCUT2D eigenvalue weighted by molar-refractivity contribution is 5.71. The summed E-state index contributed by atoms with van der Waals surface area (Å²) < 4.78 is 5.90. The number of carboxylic acid groups (broad SMARTS) is 1. The maximum absolute atomic E-state index is 11.5. The fourth-order valence-electron chi connectivity index (χ4n) is 1.07. The van der Waals surface area contributed by atoms with E-state index < -0.39 is 17.6 Å². The number of ether oxygens (including phenoxy) is 1. The van der Waals surface area contributed by atoms with E-state index in [9.17, 15) is 9.59 Å². The highest BCUT2D eigenvalue weighted by atomic mass is 16.5. The second kappa shape index (κ2) is 3.95. The van der Waals surface area contributed by atoms with Crippen LogP contribution in [-0.4, -0.2) is 22.8 Å². The summed E-state index contributed by atoms with van der Waals surface area (Å²) in [5, 5.41) is 8.72. The molecule has 1 unspecified atom stereocenters. The van der Waals surface area contributed by atoms with Crippen LogP contribution in [0, 0.1) is 0 Å². The number of carbonyl (C=O) groups is 1. The maximum Gasteiger partial charge on any atom is 0.326 e. The van der Waals surface area contributed by atoms with Crippen molar-refractivity contribution < 1.29 is 14.6 Å². The van der Waals surface area contributed by atoms with Crippen molar-refractivity contribution >= 4 is 5.97 Å². The van der Waals surface area contributed by atoms with Crippen LogP contribution in [0.25, 0.3) is 0 Å². The predicted octanol–water partition coefficient (Wildman–Crippen LogP) is 0.502. The first-order valence-electron chi connectivity index (χ1n) is 4.06. The smallest absolute Gasteiger partial charge is 0.326 e. The molecule has 5 nitrogen and oxygen atoms in total. The van der Waals surface area contributed by atoms with E-state index in [4.69, 9.17) is 9.84 Å². The van der Waals surface area contributed by atoms with E-state index in [-0.39, 0.29) is 5.75 Å². The second-order valence-corrected chi connectivity index (χ2v) is 2.80. The van der Waals surface area contributed by atoms with E-state index in [0.29, 0.717) is 0 Å². The lowest BCUT2D eigenvalue weighted by Crippen LogP contribution is -2.27. The fraction of sp³-hybridized carbons (Fsp3) is 0.333.